The summed E-state index contributed by atoms with van der Waals surface area (Å²) in [6, 6.07) is 0. The predicted molar refractivity (Wildman–Crippen MR) is 30.9 cm³/mol. The summed E-state index contributed by atoms with van der Waals surface area (Å²) in [4.78, 5) is 0. The maximum atomic E-state index is 8.55. The Labute approximate surface area is 47.5 Å². The maximum Gasteiger partial charge on any atom is 0.0861 e. The predicted octanol–water partition coefficient (Wildman–Crippen LogP) is -0.136. The number of aliphatic hydroxyl groups is 2. The highest BCUT2D eigenvalue weighted by Crippen LogP contribution is 1.96. The van der Waals surface area contributed by atoms with Crippen molar-refractivity contribution in [2.75, 3.05) is 12.4 Å². The molecule has 0 saturated heterocycles. The Kier molecular flexibility index (Phi) is 4.60. The molecule has 0 aromatic rings. The van der Waals surface area contributed by atoms with Crippen LogP contribution in [-0.4, -0.2) is 28.7 Å². The minimum absolute atomic E-state index is 0.164. The first-order valence-electron chi connectivity index (χ1n) is 1.97. The summed E-state index contributed by atoms with van der Waals surface area (Å²) in [5, 5.41) is 16.7. The molecule has 2 nitrogen and oxygen atoms in total. The first kappa shape index (κ1) is 7.27. The molecule has 1 atom stereocenters. The zero-order valence-electron chi connectivity index (χ0n) is 4.00. The average molecular weight is 121 g/mol. The third-order valence-corrected chi connectivity index (χ3v) is 1.14. The van der Waals surface area contributed by atoms with Crippen molar-refractivity contribution in [3.8, 4) is 0 Å². The van der Waals surface area contributed by atoms with Crippen LogP contribution in [0.4, 0.5) is 0 Å². The van der Waals surface area contributed by atoms with Gasteiger partial charge < -0.3 is 10.2 Å². The van der Waals surface area contributed by atoms with Crippen molar-refractivity contribution in [3.05, 3.63) is 6.26 Å². The molecular weight excluding hydrogens is 112 g/mol. The first-order chi connectivity index (χ1) is 3.31. The van der Waals surface area contributed by atoms with Gasteiger partial charge in [-0.15, -0.1) is 0 Å². The molecular formula is C4H9O2S. The fourth-order valence-corrected chi connectivity index (χ4v) is 0.566. The van der Waals surface area contributed by atoms with E-state index in [9.17, 15) is 0 Å². The number of thioether (sulfide) groups is 1. The molecule has 0 amide bonds. The van der Waals surface area contributed by atoms with Crippen LogP contribution in [-0.2, 0) is 0 Å². The van der Waals surface area contributed by atoms with Crippen LogP contribution in [0.1, 0.15) is 0 Å². The third-order valence-electron chi connectivity index (χ3n) is 0.521. The second-order valence-electron chi connectivity index (χ2n) is 1.21. The van der Waals surface area contributed by atoms with E-state index in [0.717, 1.165) is 0 Å². The second-order valence-corrected chi connectivity index (χ2v) is 1.95. The first-order valence-corrected chi connectivity index (χ1v) is 3.12. The van der Waals surface area contributed by atoms with Gasteiger partial charge in [0.2, 0.25) is 0 Å². The molecule has 43 valence electrons. The molecule has 2 N–H and O–H groups in total. The van der Waals surface area contributed by atoms with E-state index in [1.807, 2.05) is 0 Å². The van der Waals surface area contributed by atoms with E-state index in [4.69, 9.17) is 10.2 Å². The molecule has 7 heavy (non-hydrogen) atoms. The Balaban J connectivity index is 2.83. The van der Waals surface area contributed by atoms with Gasteiger partial charge in [-0.1, -0.05) is 0 Å². The zero-order valence-corrected chi connectivity index (χ0v) is 4.82. The van der Waals surface area contributed by atoms with E-state index < -0.39 is 6.10 Å². The molecule has 0 rings (SSSR count). The molecule has 0 saturated carbocycles. The molecule has 0 aliphatic heterocycles. The third kappa shape index (κ3) is 4.12. The topological polar surface area (TPSA) is 40.5 Å². The van der Waals surface area contributed by atoms with Gasteiger partial charge in [0, 0.05) is 12.0 Å². The van der Waals surface area contributed by atoms with E-state index in [2.05, 4.69) is 6.26 Å². The van der Waals surface area contributed by atoms with Gasteiger partial charge in [0.25, 0.3) is 0 Å². The normalized spacial score (nSPS) is 14.1. The fourth-order valence-electron chi connectivity index (χ4n) is 0.189. The smallest absolute Gasteiger partial charge is 0.0861 e. The van der Waals surface area contributed by atoms with Gasteiger partial charge in [-0.3, -0.25) is 0 Å². The summed E-state index contributed by atoms with van der Waals surface area (Å²) in [7, 11) is 0. The lowest BCUT2D eigenvalue weighted by atomic mass is 10.4. The van der Waals surface area contributed by atoms with Crippen molar-refractivity contribution in [1.82, 2.24) is 0 Å². The molecule has 0 aliphatic carbocycles. The highest BCUT2D eigenvalue weighted by Gasteiger charge is 1.96. The number of aliphatic hydroxyl groups excluding tert-OH is 2. The van der Waals surface area contributed by atoms with E-state index in [1.165, 1.54) is 11.8 Å². The summed E-state index contributed by atoms with van der Waals surface area (Å²) in [5.74, 6) is 0.510. The lowest BCUT2D eigenvalue weighted by molar-refractivity contribution is 0.113. The molecule has 0 fully saturated rings. The molecule has 1 unspecified atom stereocenters. The molecule has 0 aromatic carbocycles. The zero-order chi connectivity index (χ0) is 5.70. The Morgan fingerprint density at radius 1 is 1.71 bits per heavy atom. The van der Waals surface area contributed by atoms with E-state index >= 15 is 0 Å². The van der Waals surface area contributed by atoms with E-state index in [-0.39, 0.29) is 6.61 Å². The molecule has 0 spiro atoms. The minimum Gasteiger partial charge on any atom is -0.394 e. The van der Waals surface area contributed by atoms with E-state index in [0.29, 0.717) is 5.75 Å². The van der Waals surface area contributed by atoms with Gasteiger partial charge in [0.1, 0.15) is 0 Å². The molecule has 1 radical (unpaired) electrons. The average Bonchev–Trinajstić information content (AvgIpc) is 1.68. The molecule has 3 heteroatoms. The van der Waals surface area contributed by atoms with Gasteiger partial charge in [-0.05, 0) is 0 Å². The van der Waals surface area contributed by atoms with Crippen molar-refractivity contribution in [3.63, 3.8) is 0 Å². The minimum atomic E-state index is -0.595. The number of rotatable bonds is 3. The van der Waals surface area contributed by atoms with Crippen LogP contribution >= 0.6 is 11.8 Å². The van der Waals surface area contributed by atoms with Gasteiger partial charge >= 0.3 is 0 Å². The maximum absolute atomic E-state index is 8.55. The Morgan fingerprint density at radius 2 is 2.29 bits per heavy atom. The van der Waals surface area contributed by atoms with Crippen LogP contribution in [0.15, 0.2) is 0 Å². The largest absolute Gasteiger partial charge is 0.394 e. The van der Waals surface area contributed by atoms with Crippen LogP contribution in [0.5, 0.6) is 0 Å². The molecule has 0 bridgehead atoms. The van der Waals surface area contributed by atoms with Crippen molar-refractivity contribution < 1.29 is 10.2 Å². The van der Waals surface area contributed by atoms with Crippen molar-refractivity contribution in [1.29, 1.82) is 0 Å². The monoisotopic (exact) mass is 121 g/mol. The number of hydrogen-bond donors (Lipinski definition) is 2. The second kappa shape index (κ2) is 4.43. The highest BCUT2D eigenvalue weighted by atomic mass is 32.2. The quantitative estimate of drug-likeness (QED) is 0.546. The summed E-state index contributed by atoms with van der Waals surface area (Å²) in [5.41, 5.74) is 0. The van der Waals surface area contributed by atoms with Crippen molar-refractivity contribution >= 4 is 11.8 Å². The van der Waals surface area contributed by atoms with E-state index in [1.54, 1.807) is 0 Å². The van der Waals surface area contributed by atoms with Gasteiger partial charge in [-0.25, -0.2) is 0 Å². The summed E-state index contributed by atoms with van der Waals surface area (Å²) >= 11 is 1.27. The molecule has 0 aromatic heterocycles. The van der Waals surface area contributed by atoms with Crippen molar-refractivity contribution in [2.24, 2.45) is 0 Å². The van der Waals surface area contributed by atoms with Crippen molar-refractivity contribution in [2.45, 2.75) is 6.10 Å². The lowest BCUT2D eigenvalue weighted by Crippen LogP contribution is -2.13. The van der Waals surface area contributed by atoms with Crippen LogP contribution in [0.2, 0.25) is 0 Å². The van der Waals surface area contributed by atoms with Gasteiger partial charge in [0.05, 0.1) is 12.7 Å². The van der Waals surface area contributed by atoms with Crippen LogP contribution in [0, 0.1) is 6.26 Å². The summed E-state index contributed by atoms with van der Waals surface area (Å²) in [6.45, 7) is -0.164. The Morgan fingerprint density at radius 3 is 2.43 bits per heavy atom. The van der Waals surface area contributed by atoms with Gasteiger partial charge in [0.15, 0.2) is 0 Å². The Hall–Kier alpha value is 0.270. The van der Waals surface area contributed by atoms with Crippen LogP contribution in [0.25, 0.3) is 0 Å². The SMILES string of the molecule is [CH2]SCC(O)CO. The van der Waals surface area contributed by atoms with Gasteiger partial charge in [-0.2, -0.15) is 11.8 Å². The van der Waals surface area contributed by atoms with Crippen LogP contribution < -0.4 is 0 Å². The highest BCUT2D eigenvalue weighted by molar-refractivity contribution is 8.00. The molecule has 0 aliphatic rings. The number of hydrogen-bond acceptors (Lipinski definition) is 3. The van der Waals surface area contributed by atoms with Crippen LogP contribution in [0.3, 0.4) is 0 Å². The lowest BCUT2D eigenvalue weighted by Gasteiger charge is -2.00. The Bertz CT molecular complexity index is 40.7. The summed E-state index contributed by atoms with van der Waals surface area (Å²) in [6.07, 6.45) is 2.82. The standard InChI is InChI=1S/C4H9O2S/c1-7-3-4(6)2-5/h4-6H,1-3H2. The fraction of sp³-hybridized carbons (Fsp3) is 0.750. The molecule has 0 heterocycles. The summed E-state index contributed by atoms with van der Waals surface area (Å²) < 4.78 is 0.